The number of carbonyl (C=O) groups excluding carboxylic acids is 2. The molecular formula is C20H22N2O2S. The first-order valence-electron chi connectivity index (χ1n) is 8.82. The normalized spacial score (nSPS) is 20.1. The van der Waals surface area contributed by atoms with Crippen molar-refractivity contribution >= 4 is 28.8 Å². The largest absolute Gasteiger partial charge is 0.334 e. The summed E-state index contributed by atoms with van der Waals surface area (Å²) in [5, 5.41) is 2.04. The number of amides is 2. The standard InChI is InChI=1S/C20H22N2O2S/c1-14-4-6-16(7-5-14)21-12-15(11-19(21)23)20(24)22(17-8-9-17)13-18-3-2-10-25-18/h2-7,10,15,17H,8-9,11-13H2,1H3. The van der Waals surface area contributed by atoms with Crippen molar-refractivity contribution in [3.8, 4) is 0 Å². The molecule has 0 bridgehead atoms. The third-order valence-electron chi connectivity index (χ3n) is 5.00. The van der Waals surface area contributed by atoms with E-state index in [2.05, 4.69) is 6.07 Å². The third kappa shape index (κ3) is 3.47. The first-order valence-corrected chi connectivity index (χ1v) is 9.69. The molecule has 1 aliphatic heterocycles. The summed E-state index contributed by atoms with van der Waals surface area (Å²) in [6, 6.07) is 12.4. The summed E-state index contributed by atoms with van der Waals surface area (Å²) in [4.78, 5) is 30.5. The maximum atomic E-state index is 13.1. The number of hydrogen-bond acceptors (Lipinski definition) is 3. The van der Waals surface area contributed by atoms with Gasteiger partial charge in [-0.25, -0.2) is 0 Å². The van der Waals surface area contributed by atoms with Crippen LogP contribution in [0.3, 0.4) is 0 Å². The Kier molecular flexibility index (Phi) is 4.34. The molecule has 1 aromatic heterocycles. The maximum absolute atomic E-state index is 13.1. The molecule has 1 aromatic carbocycles. The van der Waals surface area contributed by atoms with Crippen molar-refractivity contribution in [2.24, 2.45) is 5.92 Å². The van der Waals surface area contributed by atoms with Gasteiger partial charge >= 0.3 is 0 Å². The predicted octanol–water partition coefficient (Wildman–Crippen LogP) is 3.60. The lowest BCUT2D eigenvalue weighted by Crippen LogP contribution is -2.38. The molecule has 1 atom stereocenters. The number of nitrogens with zero attached hydrogens (tertiary/aromatic N) is 2. The molecule has 2 aromatic rings. The summed E-state index contributed by atoms with van der Waals surface area (Å²) in [5.74, 6) is -0.0395. The van der Waals surface area contributed by atoms with Crippen molar-refractivity contribution in [3.05, 3.63) is 52.2 Å². The molecular weight excluding hydrogens is 332 g/mol. The van der Waals surface area contributed by atoms with Crippen molar-refractivity contribution in [1.29, 1.82) is 0 Å². The fourth-order valence-electron chi connectivity index (χ4n) is 3.43. The molecule has 25 heavy (non-hydrogen) atoms. The Morgan fingerprint density at radius 2 is 2.00 bits per heavy atom. The Morgan fingerprint density at radius 3 is 2.64 bits per heavy atom. The lowest BCUT2D eigenvalue weighted by molar-refractivity contribution is -0.137. The van der Waals surface area contributed by atoms with Gasteiger partial charge in [-0.2, -0.15) is 0 Å². The average molecular weight is 354 g/mol. The lowest BCUT2D eigenvalue weighted by atomic mass is 10.1. The molecule has 1 unspecified atom stereocenters. The van der Waals surface area contributed by atoms with Crippen LogP contribution in [0.25, 0.3) is 0 Å². The number of carbonyl (C=O) groups is 2. The van der Waals surface area contributed by atoms with Crippen LogP contribution in [-0.2, 0) is 16.1 Å². The van der Waals surface area contributed by atoms with Gasteiger partial charge in [-0.3, -0.25) is 9.59 Å². The Balaban J connectivity index is 1.48. The van der Waals surface area contributed by atoms with Gasteiger partial charge in [0.05, 0.1) is 12.5 Å². The fourth-order valence-corrected chi connectivity index (χ4v) is 4.13. The Hall–Kier alpha value is -2.14. The highest BCUT2D eigenvalue weighted by atomic mass is 32.1. The first kappa shape index (κ1) is 16.3. The first-order chi connectivity index (χ1) is 12.1. The number of aryl methyl sites for hydroxylation is 1. The number of benzene rings is 1. The van der Waals surface area contributed by atoms with E-state index in [1.807, 2.05) is 47.5 Å². The van der Waals surface area contributed by atoms with Crippen LogP contribution in [0, 0.1) is 12.8 Å². The third-order valence-corrected chi connectivity index (χ3v) is 5.86. The highest BCUT2D eigenvalue weighted by Crippen LogP contribution is 2.33. The fraction of sp³-hybridized carbons (Fsp3) is 0.400. The van der Waals surface area contributed by atoms with E-state index < -0.39 is 0 Å². The zero-order valence-corrected chi connectivity index (χ0v) is 15.2. The van der Waals surface area contributed by atoms with Crippen molar-refractivity contribution < 1.29 is 9.59 Å². The molecule has 1 aliphatic carbocycles. The molecule has 2 amide bonds. The SMILES string of the molecule is Cc1ccc(N2CC(C(=O)N(Cc3cccs3)C3CC3)CC2=O)cc1. The summed E-state index contributed by atoms with van der Waals surface area (Å²) in [6.07, 6.45) is 2.49. The molecule has 0 N–H and O–H groups in total. The van der Waals surface area contributed by atoms with Gasteiger partial charge in [0, 0.05) is 29.6 Å². The molecule has 2 heterocycles. The van der Waals surface area contributed by atoms with E-state index in [9.17, 15) is 9.59 Å². The van der Waals surface area contributed by atoms with Gasteiger partial charge in [-0.15, -0.1) is 11.3 Å². The molecule has 2 fully saturated rings. The number of thiophene rings is 1. The maximum Gasteiger partial charge on any atom is 0.228 e. The Labute approximate surface area is 152 Å². The van der Waals surface area contributed by atoms with Crippen molar-refractivity contribution in [2.75, 3.05) is 11.4 Å². The van der Waals surface area contributed by atoms with Crippen LogP contribution in [0.1, 0.15) is 29.7 Å². The van der Waals surface area contributed by atoms with Gasteiger partial charge < -0.3 is 9.80 Å². The summed E-state index contributed by atoms with van der Waals surface area (Å²) in [7, 11) is 0. The van der Waals surface area contributed by atoms with Crippen LogP contribution in [-0.4, -0.2) is 29.3 Å². The van der Waals surface area contributed by atoms with Crippen LogP contribution >= 0.6 is 11.3 Å². The zero-order valence-electron chi connectivity index (χ0n) is 14.4. The summed E-state index contributed by atoms with van der Waals surface area (Å²) < 4.78 is 0. The van der Waals surface area contributed by atoms with Crippen LogP contribution < -0.4 is 4.90 Å². The monoisotopic (exact) mass is 354 g/mol. The van der Waals surface area contributed by atoms with Gasteiger partial charge in [-0.1, -0.05) is 23.8 Å². The van der Waals surface area contributed by atoms with Gasteiger partial charge in [0.2, 0.25) is 11.8 Å². The number of hydrogen-bond donors (Lipinski definition) is 0. The molecule has 4 rings (SSSR count). The van der Waals surface area contributed by atoms with E-state index >= 15 is 0 Å². The molecule has 5 heteroatoms. The van der Waals surface area contributed by atoms with E-state index in [1.54, 1.807) is 16.2 Å². The summed E-state index contributed by atoms with van der Waals surface area (Å²) >= 11 is 1.68. The zero-order chi connectivity index (χ0) is 17.4. The number of anilines is 1. The highest BCUT2D eigenvalue weighted by molar-refractivity contribution is 7.09. The molecule has 4 nitrogen and oxygen atoms in total. The minimum atomic E-state index is -0.227. The van der Waals surface area contributed by atoms with Crippen LogP contribution in [0.15, 0.2) is 41.8 Å². The van der Waals surface area contributed by atoms with Crippen molar-refractivity contribution in [1.82, 2.24) is 4.90 Å². The van der Waals surface area contributed by atoms with E-state index in [0.717, 1.165) is 18.5 Å². The molecule has 1 saturated heterocycles. The predicted molar refractivity (Wildman–Crippen MR) is 99.5 cm³/mol. The van der Waals surface area contributed by atoms with Crippen LogP contribution in [0.4, 0.5) is 5.69 Å². The summed E-state index contributed by atoms with van der Waals surface area (Å²) in [5.41, 5.74) is 2.06. The second-order valence-electron chi connectivity index (χ2n) is 7.02. The van der Waals surface area contributed by atoms with E-state index in [0.29, 0.717) is 25.6 Å². The smallest absolute Gasteiger partial charge is 0.228 e. The van der Waals surface area contributed by atoms with Gasteiger partial charge in [0.15, 0.2) is 0 Å². The minimum absolute atomic E-state index is 0.0501. The van der Waals surface area contributed by atoms with Gasteiger partial charge in [0.1, 0.15) is 0 Å². The van der Waals surface area contributed by atoms with E-state index in [4.69, 9.17) is 0 Å². The highest BCUT2D eigenvalue weighted by Gasteiger charge is 2.41. The van der Waals surface area contributed by atoms with Gasteiger partial charge in [0.25, 0.3) is 0 Å². The van der Waals surface area contributed by atoms with E-state index in [-0.39, 0.29) is 17.7 Å². The lowest BCUT2D eigenvalue weighted by Gasteiger charge is -2.25. The van der Waals surface area contributed by atoms with Crippen LogP contribution in [0.5, 0.6) is 0 Å². The molecule has 0 spiro atoms. The molecule has 1 saturated carbocycles. The molecule has 130 valence electrons. The summed E-state index contributed by atoms with van der Waals surface area (Å²) in [6.45, 7) is 3.20. The van der Waals surface area contributed by atoms with Crippen LogP contribution in [0.2, 0.25) is 0 Å². The molecule has 2 aliphatic rings. The van der Waals surface area contributed by atoms with Gasteiger partial charge in [-0.05, 0) is 43.3 Å². The quantitative estimate of drug-likeness (QED) is 0.823. The minimum Gasteiger partial charge on any atom is -0.334 e. The van der Waals surface area contributed by atoms with Crippen molar-refractivity contribution in [2.45, 2.75) is 38.8 Å². The Morgan fingerprint density at radius 1 is 1.24 bits per heavy atom. The average Bonchev–Trinajstić information content (AvgIpc) is 3.17. The second kappa shape index (κ2) is 6.64. The Bertz CT molecular complexity index is 766. The van der Waals surface area contributed by atoms with E-state index in [1.165, 1.54) is 10.4 Å². The second-order valence-corrected chi connectivity index (χ2v) is 8.05. The topological polar surface area (TPSA) is 40.6 Å². The number of rotatable bonds is 5. The van der Waals surface area contributed by atoms with Crippen molar-refractivity contribution in [3.63, 3.8) is 0 Å². The molecule has 0 radical (unpaired) electrons.